The van der Waals surface area contributed by atoms with E-state index < -0.39 is 0 Å². The average molecular weight is 698 g/mol. The Kier molecular flexibility index (Phi) is 12.2. The molecule has 1 saturated carbocycles. The number of carbonyl (C=O) groups excluding carboxylic acids is 1. The van der Waals surface area contributed by atoms with Gasteiger partial charge >= 0.3 is 0 Å². The third-order valence-electron chi connectivity index (χ3n) is 11.7. The van der Waals surface area contributed by atoms with E-state index in [9.17, 15) is 4.79 Å². The van der Waals surface area contributed by atoms with Crippen LogP contribution in [0.4, 0.5) is 5.69 Å². The standard InChI is InChI=1S/C39H56ClN3O4S/c1-6-8-28-18-31(40)13-15-32(28)30-22-43(35-17-27(23-44)11-16-36(35)45-24-30)21-29-12-14-33(29)34(39-46-37-19-42-20-38(37)47-39)10-7-9-25(2)26(3)48(5)41-4/h11,13,15-18,23,25-26,29-30,33-34,37-39,41-42H,5-10,12,14,19-22,24H2,1-4H3. The third-order valence-corrected chi connectivity index (χ3v) is 13.8. The normalized spacial score (nSPS) is 29.1. The van der Waals surface area contributed by atoms with Crippen molar-refractivity contribution >= 4 is 40.1 Å². The van der Waals surface area contributed by atoms with E-state index >= 15 is 0 Å². The Morgan fingerprint density at radius 1 is 1.12 bits per heavy atom. The summed E-state index contributed by atoms with van der Waals surface area (Å²) in [5.74, 6) is 7.40. The minimum absolute atomic E-state index is 0.0242. The Labute approximate surface area is 295 Å². The van der Waals surface area contributed by atoms with Crippen molar-refractivity contribution in [2.75, 3.05) is 44.7 Å². The molecule has 9 heteroatoms. The Morgan fingerprint density at radius 2 is 1.92 bits per heavy atom. The van der Waals surface area contributed by atoms with Crippen LogP contribution in [-0.2, 0) is 15.9 Å². The summed E-state index contributed by atoms with van der Waals surface area (Å²) in [7, 11) is 1.99. The summed E-state index contributed by atoms with van der Waals surface area (Å²) in [6, 6.07) is 12.2. The molecule has 2 aromatic rings. The number of nitrogens with one attached hydrogen (secondary N) is 2. The van der Waals surface area contributed by atoms with Crippen molar-refractivity contribution in [3.8, 4) is 5.75 Å². The average Bonchev–Trinajstić information content (AvgIpc) is 3.65. The van der Waals surface area contributed by atoms with Gasteiger partial charge in [-0.3, -0.25) is 9.52 Å². The predicted molar refractivity (Wildman–Crippen MR) is 200 cm³/mol. The molecular weight excluding hydrogens is 642 g/mol. The smallest absolute Gasteiger partial charge is 0.161 e. The number of benzene rings is 2. The Balaban J connectivity index is 1.22. The summed E-state index contributed by atoms with van der Waals surface area (Å²) in [5.41, 5.74) is 4.33. The van der Waals surface area contributed by atoms with Crippen molar-refractivity contribution in [3.63, 3.8) is 0 Å². The molecule has 9 atom stereocenters. The van der Waals surface area contributed by atoms with Gasteiger partial charge in [0.2, 0.25) is 0 Å². The molecule has 48 heavy (non-hydrogen) atoms. The number of halogens is 1. The number of aldehydes is 1. The molecule has 2 saturated heterocycles. The summed E-state index contributed by atoms with van der Waals surface area (Å²) >= 11 is 6.47. The first kappa shape index (κ1) is 35.9. The molecule has 7 nitrogen and oxygen atoms in total. The maximum Gasteiger partial charge on any atom is 0.161 e. The van der Waals surface area contributed by atoms with Crippen LogP contribution in [0.25, 0.3) is 0 Å². The van der Waals surface area contributed by atoms with Crippen molar-refractivity contribution in [3.05, 3.63) is 58.1 Å². The van der Waals surface area contributed by atoms with Gasteiger partial charge in [-0.1, -0.05) is 57.2 Å². The molecule has 1 aliphatic carbocycles. The molecule has 0 spiro atoms. The number of fused-ring (bicyclic) bond motifs is 2. The van der Waals surface area contributed by atoms with E-state index in [2.05, 4.69) is 53.7 Å². The molecule has 0 radical (unpaired) electrons. The van der Waals surface area contributed by atoms with E-state index in [1.54, 1.807) is 0 Å². The Morgan fingerprint density at radius 3 is 2.60 bits per heavy atom. The highest BCUT2D eigenvalue weighted by Crippen LogP contribution is 2.48. The topological polar surface area (TPSA) is 72.1 Å². The number of ether oxygens (including phenoxy) is 3. The zero-order valence-corrected chi connectivity index (χ0v) is 30.9. The number of carbonyl (C=O) groups is 1. The molecule has 0 bridgehead atoms. The number of nitrogens with zero attached hydrogens (tertiary/aromatic N) is 1. The fraction of sp³-hybridized carbons (Fsp3) is 0.641. The Hall–Kier alpha value is -1.94. The Bertz CT molecular complexity index is 1410. The van der Waals surface area contributed by atoms with Crippen molar-refractivity contribution in [2.45, 2.75) is 95.4 Å². The van der Waals surface area contributed by atoms with Crippen LogP contribution < -0.4 is 19.7 Å². The second kappa shape index (κ2) is 16.4. The molecule has 264 valence electrons. The first-order chi connectivity index (χ1) is 23.3. The van der Waals surface area contributed by atoms with Gasteiger partial charge in [-0.25, -0.2) is 0 Å². The summed E-state index contributed by atoms with van der Waals surface area (Å²) in [4.78, 5) is 14.4. The first-order valence-electron chi connectivity index (χ1n) is 18.3. The molecule has 3 aliphatic heterocycles. The van der Waals surface area contributed by atoms with E-state index in [1.807, 2.05) is 31.3 Å². The van der Waals surface area contributed by atoms with Crippen LogP contribution in [0.15, 0.2) is 36.4 Å². The second-order valence-corrected chi connectivity index (χ2v) is 17.1. The lowest BCUT2D eigenvalue weighted by molar-refractivity contribution is -0.141. The van der Waals surface area contributed by atoms with E-state index in [0.717, 1.165) is 68.2 Å². The van der Waals surface area contributed by atoms with Gasteiger partial charge in [0.15, 0.2) is 6.29 Å². The SMILES string of the molecule is C=S(NC)C(C)C(C)CCCC(C1OC2CNCC2O1)C1CCC1CN1CC(c2ccc(Cl)cc2CCC)COc2ccc(C=O)cc21. The lowest BCUT2D eigenvalue weighted by atomic mass is 9.65. The van der Waals surface area contributed by atoms with Gasteiger partial charge in [-0.05, 0) is 98.4 Å². The predicted octanol–water partition coefficient (Wildman–Crippen LogP) is 7.47. The van der Waals surface area contributed by atoms with Crippen LogP contribution in [-0.4, -0.2) is 75.7 Å². The maximum absolute atomic E-state index is 11.9. The molecule has 9 unspecified atom stereocenters. The summed E-state index contributed by atoms with van der Waals surface area (Å²) < 4.78 is 23.2. The third kappa shape index (κ3) is 8.00. The lowest BCUT2D eigenvalue weighted by Gasteiger charge is -2.46. The minimum atomic E-state index is -0.137. The molecule has 2 N–H and O–H groups in total. The fourth-order valence-corrected chi connectivity index (χ4v) is 9.74. The van der Waals surface area contributed by atoms with Crippen molar-refractivity contribution in [2.24, 2.45) is 23.7 Å². The molecule has 0 amide bonds. The highest BCUT2D eigenvalue weighted by molar-refractivity contribution is 8.12. The van der Waals surface area contributed by atoms with E-state index in [-0.39, 0.29) is 35.1 Å². The van der Waals surface area contributed by atoms with Crippen LogP contribution in [0.1, 0.15) is 86.7 Å². The van der Waals surface area contributed by atoms with Crippen LogP contribution in [0.2, 0.25) is 5.02 Å². The largest absolute Gasteiger partial charge is 0.491 e. The summed E-state index contributed by atoms with van der Waals surface area (Å²) in [6.07, 6.45) is 9.03. The summed E-state index contributed by atoms with van der Waals surface area (Å²) in [6.45, 7) is 11.0. The van der Waals surface area contributed by atoms with Gasteiger partial charge in [0.25, 0.3) is 0 Å². The van der Waals surface area contributed by atoms with Crippen LogP contribution in [0.5, 0.6) is 5.75 Å². The molecule has 4 aliphatic rings. The van der Waals surface area contributed by atoms with Gasteiger partial charge in [0, 0.05) is 53.9 Å². The number of anilines is 1. The first-order valence-corrected chi connectivity index (χ1v) is 20.1. The fourth-order valence-electron chi connectivity index (χ4n) is 8.48. The number of rotatable bonds is 15. The monoisotopic (exact) mass is 697 g/mol. The van der Waals surface area contributed by atoms with Crippen molar-refractivity contribution < 1.29 is 19.0 Å². The quantitative estimate of drug-likeness (QED) is 0.148. The molecule has 0 aromatic heterocycles. The van der Waals surface area contributed by atoms with Gasteiger partial charge in [-0.2, -0.15) is 0 Å². The van der Waals surface area contributed by atoms with Gasteiger partial charge in [-0.15, -0.1) is 10.7 Å². The van der Waals surface area contributed by atoms with Crippen molar-refractivity contribution in [1.29, 1.82) is 0 Å². The highest BCUT2D eigenvalue weighted by Gasteiger charge is 2.48. The number of aryl methyl sites for hydroxylation is 1. The van der Waals surface area contributed by atoms with Crippen LogP contribution in [0.3, 0.4) is 0 Å². The second-order valence-electron chi connectivity index (χ2n) is 14.6. The molecule has 2 aromatic carbocycles. The van der Waals surface area contributed by atoms with E-state index in [1.165, 1.54) is 36.8 Å². The van der Waals surface area contributed by atoms with Crippen molar-refractivity contribution in [1.82, 2.24) is 10.0 Å². The maximum atomic E-state index is 11.9. The zero-order valence-electron chi connectivity index (χ0n) is 29.3. The van der Waals surface area contributed by atoms with Gasteiger partial charge in [0.05, 0.1) is 12.3 Å². The van der Waals surface area contributed by atoms with Crippen LogP contribution >= 0.6 is 22.3 Å². The van der Waals surface area contributed by atoms with E-state index in [0.29, 0.717) is 41.1 Å². The number of hydrogen-bond acceptors (Lipinski definition) is 7. The zero-order chi connectivity index (χ0) is 33.8. The molecule has 3 fully saturated rings. The van der Waals surface area contributed by atoms with Gasteiger partial charge < -0.3 is 24.4 Å². The molecular formula is C39H56ClN3O4S. The highest BCUT2D eigenvalue weighted by atomic mass is 35.5. The van der Waals surface area contributed by atoms with Crippen LogP contribution in [0, 0.1) is 23.7 Å². The molecule has 3 heterocycles. The summed E-state index contributed by atoms with van der Waals surface area (Å²) in [5, 5.41) is 4.76. The minimum Gasteiger partial charge on any atom is -0.491 e. The lowest BCUT2D eigenvalue weighted by Crippen LogP contribution is -2.46. The van der Waals surface area contributed by atoms with Gasteiger partial charge in [0.1, 0.15) is 24.2 Å². The number of hydrogen-bond donors (Lipinski definition) is 2. The molecule has 6 rings (SSSR count). The van der Waals surface area contributed by atoms with E-state index in [4.69, 9.17) is 25.8 Å².